The molecule has 0 amide bonds. The van der Waals surface area contributed by atoms with Crippen molar-refractivity contribution < 1.29 is 28.8 Å². The molecule has 0 radical (unpaired) electrons. The van der Waals surface area contributed by atoms with Gasteiger partial charge in [-0.3, -0.25) is 9.67 Å². The van der Waals surface area contributed by atoms with Gasteiger partial charge < -0.3 is 29.3 Å². The molecule has 2 aliphatic heterocycles. The number of hydrogen-bond donors (Lipinski definition) is 2. The van der Waals surface area contributed by atoms with Crippen LogP contribution in [0.3, 0.4) is 0 Å². The van der Waals surface area contributed by atoms with Gasteiger partial charge in [-0.25, -0.2) is 14.4 Å². The van der Waals surface area contributed by atoms with Crippen molar-refractivity contribution in [3.63, 3.8) is 0 Å². The number of anilines is 2. The SMILES string of the molecule is OCC1(COc2cnc(-c3nn(Cc4ccccc4F)c4ccccc34)nc2N(CC2(CO)COC2)c2ccncc2)COC1. The normalized spacial score (nSPS) is 16.6. The first-order chi connectivity index (χ1) is 22.0. The summed E-state index contributed by atoms with van der Waals surface area (Å²) in [6.07, 6.45) is 5.00. The molecule has 5 heterocycles. The van der Waals surface area contributed by atoms with Crippen LogP contribution in [0.4, 0.5) is 15.9 Å². The first-order valence-electron chi connectivity index (χ1n) is 14.8. The molecule has 2 aliphatic rings. The van der Waals surface area contributed by atoms with Crippen LogP contribution in [0.1, 0.15) is 5.56 Å². The zero-order valence-corrected chi connectivity index (χ0v) is 24.5. The maximum Gasteiger partial charge on any atom is 0.183 e. The predicted octanol–water partition coefficient (Wildman–Crippen LogP) is 3.61. The highest BCUT2D eigenvalue weighted by atomic mass is 19.1. The fourth-order valence-electron chi connectivity index (χ4n) is 5.59. The molecule has 0 unspecified atom stereocenters. The second-order valence-corrected chi connectivity index (χ2v) is 11.9. The number of fused-ring (bicyclic) bond motifs is 1. The number of hydrogen-bond acceptors (Lipinski definition) is 10. The van der Waals surface area contributed by atoms with Crippen molar-refractivity contribution in [2.24, 2.45) is 10.8 Å². The van der Waals surface area contributed by atoms with Crippen LogP contribution in [0, 0.1) is 16.6 Å². The van der Waals surface area contributed by atoms with Gasteiger partial charge in [-0.1, -0.05) is 36.4 Å². The number of aliphatic hydroxyl groups is 2. The van der Waals surface area contributed by atoms with Crippen LogP contribution in [0.2, 0.25) is 0 Å². The van der Waals surface area contributed by atoms with Crippen LogP contribution in [0.5, 0.6) is 5.75 Å². The number of rotatable bonds is 12. The highest BCUT2D eigenvalue weighted by Gasteiger charge is 2.42. The van der Waals surface area contributed by atoms with Crippen molar-refractivity contribution in [3.8, 4) is 17.3 Å². The minimum atomic E-state index is -0.507. The molecule has 5 aromatic rings. The van der Waals surface area contributed by atoms with E-state index in [0.29, 0.717) is 61.6 Å². The summed E-state index contributed by atoms with van der Waals surface area (Å²) in [6, 6.07) is 18.1. The number of aliphatic hydroxyl groups excluding tert-OH is 2. The summed E-state index contributed by atoms with van der Waals surface area (Å²) in [4.78, 5) is 15.9. The van der Waals surface area contributed by atoms with E-state index in [1.807, 2.05) is 41.3 Å². The summed E-state index contributed by atoms with van der Waals surface area (Å²) in [5.41, 5.74) is 1.64. The summed E-state index contributed by atoms with van der Waals surface area (Å²) in [7, 11) is 0. The Hall–Kier alpha value is -4.49. The number of nitrogens with zero attached hydrogens (tertiary/aromatic N) is 6. The fraction of sp³-hybridized carbons (Fsp3) is 0.333. The third-order valence-corrected chi connectivity index (χ3v) is 8.45. The van der Waals surface area contributed by atoms with Gasteiger partial charge in [0.05, 0.1) is 68.7 Å². The summed E-state index contributed by atoms with van der Waals surface area (Å²) >= 11 is 0. The lowest BCUT2D eigenvalue weighted by Gasteiger charge is -2.44. The van der Waals surface area contributed by atoms with Crippen LogP contribution in [0.15, 0.2) is 79.3 Å². The number of aromatic nitrogens is 5. The number of para-hydroxylation sites is 1. The van der Waals surface area contributed by atoms with Crippen molar-refractivity contribution in [1.82, 2.24) is 24.7 Å². The Morgan fingerprint density at radius 1 is 0.911 bits per heavy atom. The Kier molecular flexibility index (Phi) is 7.88. The van der Waals surface area contributed by atoms with Crippen molar-refractivity contribution in [2.45, 2.75) is 6.54 Å². The molecule has 11 nitrogen and oxygen atoms in total. The van der Waals surface area contributed by atoms with Crippen LogP contribution in [-0.4, -0.2) is 87.7 Å². The van der Waals surface area contributed by atoms with Crippen molar-refractivity contribution in [2.75, 3.05) is 57.7 Å². The van der Waals surface area contributed by atoms with Crippen LogP contribution in [-0.2, 0) is 16.0 Å². The zero-order valence-electron chi connectivity index (χ0n) is 24.5. The molecule has 2 saturated heterocycles. The van der Waals surface area contributed by atoms with E-state index in [1.165, 1.54) is 6.07 Å². The van der Waals surface area contributed by atoms with Gasteiger partial charge >= 0.3 is 0 Å². The van der Waals surface area contributed by atoms with Crippen molar-refractivity contribution in [3.05, 3.63) is 90.6 Å². The number of pyridine rings is 1. The molecule has 2 N–H and O–H groups in total. The van der Waals surface area contributed by atoms with Gasteiger partial charge in [0, 0.05) is 35.6 Å². The molecule has 232 valence electrons. The Morgan fingerprint density at radius 3 is 2.31 bits per heavy atom. The second kappa shape index (κ2) is 12.1. The van der Waals surface area contributed by atoms with Crippen molar-refractivity contribution in [1.29, 1.82) is 0 Å². The van der Waals surface area contributed by atoms with Crippen LogP contribution in [0.25, 0.3) is 22.4 Å². The molecule has 0 saturated carbocycles. The predicted molar refractivity (Wildman–Crippen MR) is 164 cm³/mol. The summed E-state index contributed by atoms with van der Waals surface area (Å²) in [5.74, 6) is 0.916. The monoisotopic (exact) mass is 612 g/mol. The molecule has 7 rings (SSSR count). The first-order valence-corrected chi connectivity index (χ1v) is 14.8. The number of ether oxygens (including phenoxy) is 3. The minimum Gasteiger partial charge on any atom is -0.487 e. The van der Waals surface area contributed by atoms with E-state index in [1.54, 1.807) is 41.5 Å². The topological polar surface area (TPSA) is 128 Å². The average Bonchev–Trinajstić information content (AvgIpc) is 3.40. The molecular weight excluding hydrogens is 579 g/mol. The molecule has 3 aromatic heterocycles. The summed E-state index contributed by atoms with van der Waals surface area (Å²) in [6.45, 7) is 2.25. The molecule has 0 atom stereocenters. The third kappa shape index (κ3) is 5.61. The Labute approximate surface area is 258 Å². The van der Waals surface area contributed by atoms with Gasteiger partial charge in [0.25, 0.3) is 0 Å². The van der Waals surface area contributed by atoms with Crippen LogP contribution >= 0.6 is 0 Å². The van der Waals surface area contributed by atoms with E-state index >= 15 is 0 Å². The van der Waals surface area contributed by atoms with E-state index in [4.69, 9.17) is 29.3 Å². The largest absolute Gasteiger partial charge is 0.487 e. The number of benzene rings is 2. The highest BCUT2D eigenvalue weighted by Crippen LogP contribution is 2.40. The maximum atomic E-state index is 14.6. The Bertz CT molecular complexity index is 1780. The second-order valence-electron chi connectivity index (χ2n) is 11.9. The van der Waals surface area contributed by atoms with Gasteiger partial charge in [0.1, 0.15) is 18.1 Å². The van der Waals surface area contributed by atoms with E-state index in [2.05, 4.69) is 4.98 Å². The fourth-order valence-corrected chi connectivity index (χ4v) is 5.59. The molecule has 0 bridgehead atoms. The van der Waals surface area contributed by atoms with E-state index in [-0.39, 0.29) is 32.2 Å². The van der Waals surface area contributed by atoms with Gasteiger partial charge in [-0.2, -0.15) is 5.10 Å². The smallest absolute Gasteiger partial charge is 0.183 e. The highest BCUT2D eigenvalue weighted by molar-refractivity contribution is 5.92. The van der Waals surface area contributed by atoms with Crippen molar-refractivity contribution >= 4 is 22.4 Å². The lowest BCUT2D eigenvalue weighted by molar-refractivity contribution is -0.153. The quantitative estimate of drug-likeness (QED) is 0.216. The maximum absolute atomic E-state index is 14.6. The molecule has 2 aromatic carbocycles. The van der Waals surface area contributed by atoms with Crippen LogP contribution < -0.4 is 9.64 Å². The molecule has 2 fully saturated rings. The molecular formula is C33H33FN6O5. The lowest BCUT2D eigenvalue weighted by Crippen LogP contribution is -2.52. The summed E-state index contributed by atoms with van der Waals surface area (Å²) < 4.78 is 33.6. The molecule has 0 aliphatic carbocycles. The Morgan fingerprint density at radius 2 is 1.62 bits per heavy atom. The standard InChI is InChI=1S/C33H33FN6O5/c34-26-7-3-1-5-23(26)14-40-27-8-4-2-6-25(27)29(38-40)30-36-13-28(45-22-33(17-42)20-44-21-33)31(37-30)39(24-9-11-35-12-10-24)15-32(16-41)18-43-19-32/h1-13,41-42H,14-22H2. The Balaban J connectivity index is 1.34. The van der Waals surface area contributed by atoms with Gasteiger partial charge in [0.2, 0.25) is 0 Å². The van der Waals surface area contributed by atoms with Gasteiger partial charge in [0.15, 0.2) is 17.4 Å². The van der Waals surface area contributed by atoms with E-state index in [0.717, 1.165) is 16.6 Å². The molecule has 0 spiro atoms. The van der Waals surface area contributed by atoms with Gasteiger partial charge in [-0.05, 0) is 24.3 Å². The molecule has 12 heteroatoms. The molecule has 45 heavy (non-hydrogen) atoms. The van der Waals surface area contributed by atoms with Gasteiger partial charge in [-0.15, -0.1) is 0 Å². The van der Waals surface area contributed by atoms with E-state index < -0.39 is 10.8 Å². The third-order valence-electron chi connectivity index (χ3n) is 8.45. The number of halogens is 1. The lowest BCUT2D eigenvalue weighted by atomic mass is 9.86. The minimum absolute atomic E-state index is 0.0707. The van der Waals surface area contributed by atoms with E-state index in [9.17, 15) is 14.6 Å². The zero-order chi connectivity index (χ0) is 30.9. The average molecular weight is 613 g/mol. The first kappa shape index (κ1) is 29.2. The summed E-state index contributed by atoms with van der Waals surface area (Å²) in [5, 5.41) is 26.1.